The molecule has 0 aliphatic carbocycles. The molecule has 0 aromatic carbocycles. The van der Waals surface area contributed by atoms with Gasteiger partial charge in [-0.2, -0.15) is 0 Å². The molecular formula is C25H43N3O4S. The molecule has 2 atom stereocenters. The lowest BCUT2D eigenvalue weighted by atomic mass is 9.94. The molecule has 1 aromatic heterocycles. The van der Waals surface area contributed by atoms with Crippen molar-refractivity contribution in [3.8, 4) is 0 Å². The van der Waals surface area contributed by atoms with E-state index in [1.165, 1.54) is 18.3 Å². The van der Waals surface area contributed by atoms with E-state index >= 15 is 0 Å². The second-order valence-electron chi connectivity index (χ2n) is 8.84. The van der Waals surface area contributed by atoms with Gasteiger partial charge in [-0.3, -0.25) is 9.59 Å². The predicted octanol–water partition coefficient (Wildman–Crippen LogP) is 5.51. The SMILES string of the molecule is CCCCCCN(C(=O)CCCC)C(CC(NC(C)=O)c1nc(C(=O)OCC)cs1)C(C)C. The normalized spacial score (nSPS) is 12.9. The van der Waals surface area contributed by atoms with Gasteiger partial charge in [-0.25, -0.2) is 9.78 Å². The van der Waals surface area contributed by atoms with Crippen LogP contribution in [0, 0.1) is 5.92 Å². The van der Waals surface area contributed by atoms with Gasteiger partial charge in [0.2, 0.25) is 11.8 Å². The molecule has 1 heterocycles. The summed E-state index contributed by atoms with van der Waals surface area (Å²) in [6.07, 6.45) is 7.34. The molecule has 33 heavy (non-hydrogen) atoms. The summed E-state index contributed by atoms with van der Waals surface area (Å²) in [4.78, 5) is 43.8. The molecule has 2 amide bonds. The molecule has 0 saturated heterocycles. The van der Waals surface area contributed by atoms with E-state index in [1.54, 1.807) is 12.3 Å². The number of hydrogen-bond acceptors (Lipinski definition) is 6. The Morgan fingerprint density at radius 2 is 1.79 bits per heavy atom. The molecule has 0 fully saturated rings. The highest BCUT2D eigenvalue weighted by Crippen LogP contribution is 2.29. The van der Waals surface area contributed by atoms with Crippen molar-refractivity contribution in [3.63, 3.8) is 0 Å². The van der Waals surface area contributed by atoms with E-state index in [4.69, 9.17) is 4.74 Å². The third kappa shape index (κ3) is 10.2. The van der Waals surface area contributed by atoms with Gasteiger partial charge in [0.15, 0.2) is 5.69 Å². The summed E-state index contributed by atoms with van der Waals surface area (Å²) in [5.74, 6) is -0.237. The lowest BCUT2D eigenvalue weighted by Crippen LogP contribution is -2.46. The molecule has 0 spiro atoms. The zero-order chi connectivity index (χ0) is 24.8. The second kappa shape index (κ2) is 15.8. The van der Waals surface area contributed by atoms with E-state index in [0.717, 1.165) is 45.1 Å². The summed E-state index contributed by atoms with van der Waals surface area (Å²) in [6.45, 7) is 12.7. The topological polar surface area (TPSA) is 88.6 Å². The number of esters is 1. The van der Waals surface area contributed by atoms with Gasteiger partial charge in [0.25, 0.3) is 0 Å². The van der Waals surface area contributed by atoms with Gasteiger partial charge in [-0.15, -0.1) is 11.3 Å². The van der Waals surface area contributed by atoms with Crippen molar-refractivity contribution in [2.24, 2.45) is 5.92 Å². The molecule has 8 heteroatoms. The van der Waals surface area contributed by atoms with E-state index in [-0.39, 0.29) is 42.1 Å². The number of carbonyl (C=O) groups is 3. The quantitative estimate of drug-likeness (QED) is 0.248. The molecule has 0 aliphatic rings. The molecule has 1 rings (SSSR count). The van der Waals surface area contributed by atoms with Crippen LogP contribution < -0.4 is 5.32 Å². The minimum Gasteiger partial charge on any atom is -0.461 e. The summed E-state index contributed by atoms with van der Waals surface area (Å²) < 4.78 is 5.06. The zero-order valence-corrected chi connectivity index (χ0v) is 22.1. The van der Waals surface area contributed by atoms with Gasteiger partial charge in [0.1, 0.15) is 5.01 Å². The van der Waals surface area contributed by atoms with Crippen LogP contribution in [0.15, 0.2) is 5.38 Å². The van der Waals surface area contributed by atoms with Crippen molar-refractivity contribution in [2.45, 2.75) is 105 Å². The average molecular weight is 482 g/mol. The van der Waals surface area contributed by atoms with Gasteiger partial charge in [0.05, 0.1) is 12.6 Å². The Bertz CT molecular complexity index is 735. The van der Waals surface area contributed by atoms with Crippen LogP contribution in [0.2, 0.25) is 0 Å². The first-order chi connectivity index (χ1) is 15.7. The van der Waals surface area contributed by atoms with E-state index in [0.29, 0.717) is 17.8 Å². The van der Waals surface area contributed by atoms with Crippen LogP contribution in [0.5, 0.6) is 0 Å². The monoisotopic (exact) mass is 481 g/mol. The maximum atomic E-state index is 13.2. The summed E-state index contributed by atoms with van der Waals surface area (Å²) in [5.41, 5.74) is 0.253. The van der Waals surface area contributed by atoms with Crippen molar-refractivity contribution < 1.29 is 19.1 Å². The third-order valence-corrected chi connectivity index (χ3v) is 6.60. The fourth-order valence-electron chi connectivity index (χ4n) is 3.87. The number of nitrogens with zero attached hydrogens (tertiary/aromatic N) is 2. The first-order valence-corrected chi connectivity index (χ1v) is 13.3. The van der Waals surface area contributed by atoms with Crippen LogP contribution in [-0.2, 0) is 14.3 Å². The van der Waals surface area contributed by atoms with Gasteiger partial charge in [0, 0.05) is 31.3 Å². The second-order valence-corrected chi connectivity index (χ2v) is 9.73. The zero-order valence-electron chi connectivity index (χ0n) is 21.3. The first-order valence-electron chi connectivity index (χ1n) is 12.4. The number of nitrogens with one attached hydrogen (secondary N) is 1. The number of rotatable bonds is 16. The maximum Gasteiger partial charge on any atom is 0.357 e. The fourth-order valence-corrected chi connectivity index (χ4v) is 4.72. The Labute approximate surface area is 203 Å². The minimum absolute atomic E-state index is 0.0391. The number of ether oxygens (including phenoxy) is 1. The van der Waals surface area contributed by atoms with Crippen LogP contribution in [0.4, 0.5) is 0 Å². The smallest absolute Gasteiger partial charge is 0.357 e. The summed E-state index contributed by atoms with van der Waals surface area (Å²) in [5, 5.41) is 5.32. The van der Waals surface area contributed by atoms with Crippen LogP contribution >= 0.6 is 11.3 Å². The number of thiazole rings is 1. The van der Waals surface area contributed by atoms with Gasteiger partial charge in [-0.05, 0) is 32.1 Å². The molecule has 0 radical (unpaired) electrons. The number of unbranched alkanes of at least 4 members (excludes halogenated alkanes) is 4. The Morgan fingerprint density at radius 3 is 2.36 bits per heavy atom. The van der Waals surface area contributed by atoms with Crippen LogP contribution in [0.1, 0.15) is 114 Å². The molecule has 7 nitrogen and oxygen atoms in total. The maximum absolute atomic E-state index is 13.2. The highest BCUT2D eigenvalue weighted by molar-refractivity contribution is 7.09. The summed E-state index contributed by atoms with van der Waals surface area (Å²) in [6, 6.07) is -0.414. The van der Waals surface area contributed by atoms with Gasteiger partial charge in [-0.1, -0.05) is 53.4 Å². The van der Waals surface area contributed by atoms with Crippen molar-refractivity contribution in [3.05, 3.63) is 16.1 Å². The Hall–Kier alpha value is -1.96. The highest BCUT2D eigenvalue weighted by Gasteiger charge is 2.31. The Kier molecular flexibility index (Phi) is 13.9. The number of hydrogen-bond donors (Lipinski definition) is 1. The first kappa shape index (κ1) is 29.1. The molecule has 2 unspecified atom stereocenters. The standard InChI is InChI=1S/C25H43N3O4S/c1-7-10-12-13-15-28(23(30)14-11-8-2)22(18(4)5)16-20(26-19(6)29)24-27-21(17-33-24)25(31)32-9-3/h17-18,20,22H,7-16H2,1-6H3,(H,26,29). The lowest BCUT2D eigenvalue weighted by Gasteiger charge is -2.37. The lowest BCUT2D eigenvalue weighted by molar-refractivity contribution is -0.135. The summed E-state index contributed by atoms with van der Waals surface area (Å²) in [7, 11) is 0. The molecular weight excluding hydrogens is 438 g/mol. The molecule has 1 N–H and O–H groups in total. The molecule has 0 aliphatic heterocycles. The van der Waals surface area contributed by atoms with Gasteiger partial charge < -0.3 is 15.0 Å². The molecule has 188 valence electrons. The van der Waals surface area contributed by atoms with Crippen molar-refractivity contribution >= 4 is 29.1 Å². The van der Waals surface area contributed by atoms with Crippen LogP contribution in [0.25, 0.3) is 0 Å². The summed E-state index contributed by atoms with van der Waals surface area (Å²) >= 11 is 1.34. The van der Waals surface area contributed by atoms with E-state index in [1.807, 2.05) is 4.90 Å². The van der Waals surface area contributed by atoms with Crippen LogP contribution in [0.3, 0.4) is 0 Å². The van der Waals surface area contributed by atoms with Crippen molar-refractivity contribution in [1.82, 2.24) is 15.2 Å². The number of aromatic nitrogens is 1. The van der Waals surface area contributed by atoms with E-state index < -0.39 is 5.97 Å². The largest absolute Gasteiger partial charge is 0.461 e. The highest BCUT2D eigenvalue weighted by atomic mass is 32.1. The minimum atomic E-state index is -0.464. The predicted molar refractivity (Wildman–Crippen MR) is 133 cm³/mol. The molecule has 1 aromatic rings. The average Bonchev–Trinajstić information content (AvgIpc) is 3.25. The van der Waals surface area contributed by atoms with Crippen molar-refractivity contribution in [2.75, 3.05) is 13.2 Å². The molecule has 0 bridgehead atoms. The third-order valence-electron chi connectivity index (χ3n) is 5.65. The van der Waals surface area contributed by atoms with Crippen LogP contribution in [-0.4, -0.2) is 46.9 Å². The van der Waals surface area contributed by atoms with E-state index in [2.05, 4.69) is 38.0 Å². The fraction of sp³-hybridized carbons (Fsp3) is 0.760. The van der Waals surface area contributed by atoms with E-state index in [9.17, 15) is 14.4 Å². The Morgan fingerprint density at radius 1 is 1.09 bits per heavy atom. The Balaban J connectivity index is 3.15. The van der Waals surface area contributed by atoms with Crippen molar-refractivity contribution in [1.29, 1.82) is 0 Å². The molecule has 0 saturated carbocycles. The van der Waals surface area contributed by atoms with Gasteiger partial charge >= 0.3 is 5.97 Å². The number of carbonyl (C=O) groups excluding carboxylic acids is 3. The number of amides is 2.